The molecule has 4 rings (SSSR count). The monoisotopic (exact) mass is 433 g/mol. The van der Waals surface area contributed by atoms with E-state index in [1.54, 1.807) is 24.3 Å². The molecule has 3 aromatic carbocycles. The van der Waals surface area contributed by atoms with Crippen LogP contribution in [0.25, 0.3) is 10.9 Å². The van der Waals surface area contributed by atoms with Crippen molar-refractivity contribution in [3.05, 3.63) is 114 Å². The zero-order valence-corrected chi connectivity index (χ0v) is 17.7. The molecule has 0 fully saturated rings. The van der Waals surface area contributed by atoms with Crippen molar-refractivity contribution in [3.8, 4) is 0 Å². The van der Waals surface area contributed by atoms with Gasteiger partial charge < -0.3 is 16.0 Å². The van der Waals surface area contributed by atoms with Gasteiger partial charge in [0, 0.05) is 34.5 Å². The summed E-state index contributed by atoms with van der Waals surface area (Å²) < 4.78 is 2.25. The summed E-state index contributed by atoms with van der Waals surface area (Å²) in [6, 6.07) is 25.1. The summed E-state index contributed by atoms with van der Waals surface area (Å²) in [5, 5.41) is 2.06. The van der Waals surface area contributed by atoms with Gasteiger partial charge in [-0.2, -0.15) is 0 Å². The number of nitrogens with zero attached hydrogens (tertiary/aromatic N) is 1. The van der Waals surface area contributed by atoms with Crippen LogP contribution in [0.15, 0.2) is 97.7 Å². The number of carbonyl (C=O) groups excluding carboxylic acids is 2. The molecule has 1 aromatic heterocycles. The van der Waals surface area contributed by atoms with Crippen molar-refractivity contribution in [2.75, 3.05) is 5.73 Å². The zero-order valence-electron chi connectivity index (χ0n) is 16.9. The number of fused-ring (bicyclic) bond motifs is 1. The Hall–Kier alpha value is -3.83. The van der Waals surface area contributed by atoms with Crippen LogP contribution >= 0.6 is 11.6 Å². The highest BCUT2D eigenvalue weighted by molar-refractivity contribution is 6.30. The maximum absolute atomic E-state index is 10.5. The molecule has 158 valence electrons. The number of aldehydes is 1. The molecule has 0 saturated carbocycles. The van der Waals surface area contributed by atoms with Crippen LogP contribution in [-0.4, -0.2) is 16.8 Å². The number of para-hydroxylation sites is 1. The largest absolute Gasteiger partial charge is 0.399 e. The van der Waals surface area contributed by atoms with Crippen LogP contribution in [0.5, 0.6) is 0 Å². The van der Waals surface area contributed by atoms with E-state index in [0.717, 1.165) is 11.6 Å². The van der Waals surface area contributed by atoms with E-state index in [9.17, 15) is 4.79 Å². The van der Waals surface area contributed by atoms with Crippen LogP contribution in [0.3, 0.4) is 0 Å². The number of halogens is 1. The van der Waals surface area contributed by atoms with Crippen LogP contribution < -0.4 is 11.5 Å². The molecule has 4 N–H and O–H groups in total. The number of hydrogen-bond acceptors (Lipinski definition) is 3. The predicted octanol–water partition coefficient (Wildman–Crippen LogP) is 5.08. The number of primary amides is 1. The Kier molecular flexibility index (Phi) is 9.08. The first-order chi connectivity index (χ1) is 14.9. The van der Waals surface area contributed by atoms with Crippen molar-refractivity contribution in [3.63, 3.8) is 0 Å². The average Bonchev–Trinajstić information content (AvgIpc) is 3.19. The molecular weight excluding hydrogens is 410 g/mol. The van der Waals surface area contributed by atoms with Gasteiger partial charge in [-0.25, -0.2) is 0 Å². The van der Waals surface area contributed by atoms with Crippen molar-refractivity contribution < 1.29 is 9.59 Å². The fourth-order valence-corrected chi connectivity index (χ4v) is 2.88. The number of nitrogen functional groups attached to an aromatic ring is 1. The normalized spacial score (nSPS) is 9.58. The standard InChI is InChI=1S/C15H12ClN.C7H8N2O.C3H4O/c16-14-7-5-12(6-8-14)11-17-10-9-13-3-1-2-4-15(13)17;8-6-3-1-2-5(4-6)7(9)10;1-2-3-4/h1-10H,11H2;1-4H,8H2,(H2,9,10);2-3H,1H2. The van der Waals surface area contributed by atoms with Gasteiger partial charge in [-0.05, 0) is 59.5 Å². The Morgan fingerprint density at radius 3 is 2.26 bits per heavy atom. The molecule has 1 heterocycles. The Labute approximate surface area is 186 Å². The van der Waals surface area contributed by atoms with Gasteiger partial charge in [-0.15, -0.1) is 0 Å². The van der Waals surface area contributed by atoms with Crippen LogP contribution in [-0.2, 0) is 11.3 Å². The van der Waals surface area contributed by atoms with E-state index in [1.807, 2.05) is 12.1 Å². The highest BCUT2D eigenvalue weighted by Gasteiger charge is 2.01. The highest BCUT2D eigenvalue weighted by Crippen LogP contribution is 2.17. The van der Waals surface area contributed by atoms with Crippen molar-refractivity contribution in [2.24, 2.45) is 5.73 Å². The van der Waals surface area contributed by atoms with Crippen molar-refractivity contribution in [1.29, 1.82) is 0 Å². The van der Waals surface area contributed by atoms with Crippen molar-refractivity contribution in [2.45, 2.75) is 6.54 Å². The molecule has 0 spiro atoms. The number of rotatable bonds is 4. The second-order valence-electron chi connectivity index (χ2n) is 6.49. The zero-order chi connectivity index (χ0) is 22.6. The van der Waals surface area contributed by atoms with Gasteiger partial charge in [0.1, 0.15) is 6.29 Å². The lowest BCUT2D eigenvalue weighted by molar-refractivity contribution is -0.104. The Morgan fingerprint density at radius 1 is 1.00 bits per heavy atom. The lowest BCUT2D eigenvalue weighted by atomic mass is 10.2. The molecule has 0 radical (unpaired) electrons. The van der Waals surface area contributed by atoms with Gasteiger partial charge in [0.15, 0.2) is 0 Å². The number of hydrogen-bond donors (Lipinski definition) is 2. The molecule has 0 unspecified atom stereocenters. The van der Waals surface area contributed by atoms with E-state index in [1.165, 1.54) is 22.5 Å². The summed E-state index contributed by atoms with van der Waals surface area (Å²) in [4.78, 5) is 19.6. The minimum absolute atomic E-state index is 0.444. The molecule has 31 heavy (non-hydrogen) atoms. The summed E-state index contributed by atoms with van der Waals surface area (Å²) in [5.41, 5.74) is 13.9. The van der Waals surface area contributed by atoms with Gasteiger partial charge in [0.2, 0.25) is 5.91 Å². The number of amides is 1. The first-order valence-corrected chi connectivity index (χ1v) is 9.82. The smallest absolute Gasteiger partial charge is 0.248 e. The van der Waals surface area contributed by atoms with Crippen LogP contribution in [0.2, 0.25) is 5.02 Å². The second-order valence-corrected chi connectivity index (χ2v) is 6.93. The summed E-state index contributed by atoms with van der Waals surface area (Å²) in [5.74, 6) is -0.452. The lowest BCUT2D eigenvalue weighted by Crippen LogP contribution is -2.10. The van der Waals surface area contributed by atoms with E-state index >= 15 is 0 Å². The van der Waals surface area contributed by atoms with Crippen LogP contribution in [0.4, 0.5) is 5.69 Å². The number of carbonyl (C=O) groups is 2. The molecule has 0 aliphatic heterocycles. The molecule has 1 amide bonds. The molecular formula is C25H24ClN3O2. The van der Waals surface area contributed by atoms with E-state index in [-0.39, 0.29) is 0 Å². The number of aromatic nitrogens is 1. The van der Waals surface area contributed by atoms with E-state index < -0.39 is 5.91 Å². The van der Waals surface area contributed by atoms with Gasteiger partial charge in [-0.1, -0.05) is 54.6 Å². The van der Waals surface area contributed by atoms with E-state index in [0.29, 0.717) is 17.5 Å². The number of nitrogens with two attached hydrogens (primary N) is 2. The Balaban J connectivity index is 0.000000207. The highest BCUT2D eigenvalue weighted by atomic mass is 35.5. The number of allylic oxidation sites excluding steroid dienone is 1. The molecule has 0 aliphatic carbocycles. The number of benzene rings is 3. The summed E-state index contributed by atoms with van der Waals surface area (Å²) in [6.07, 6.45) is 3.96. The van der Waals surface area contributed by atoms with Gasteiger partial charge in [0.25, 0.3) is 0 Å². The fraction of sp³-hybridized carbons (Fsp3) is 0.0400. The van der Waals surface area contributed by atoms with Crippen molar-refractivity contribution in [1.82, 2.24) is 4.57 Å². The minimum atomic E-state index is -0.452. The first kappa shape index (κ1) is 23.4. The molecule has 4 aromatic rings. The molecule has 6 heteroatoms. The fourth-order valence-electron chi connectivity index (χ4n) is 2.76. The predicted molar refractivity (Wildman–Crippen MR) is 128 cm³/mol. The van der Waals surface area contributed by atoms with E-state index in [2.05, 4.69) is 59.8 Å². The molecule has 0 aliphatic rings. The summed E-state index contributed by atoms with van der Waals surface area (Å²) in [6.45, 7) is 3.99. The molecule has 5 nitrogen and oxygen atoms in total. The third kappa shape index (κ3) is 7.49. The maximum Gasteiger partial charge on any atom is 0.248 e. The van der Waals surface area contributed by atoms with Crippen molar-refractivity contribution >= 4 is 40.4 Å². The third-order valence-electron chi connectivity index (χ3n) is 4.21. The second kappa shape index (κ2) is 12.0. The topological polar surface area (TPSA) is 91.1 Å². The minimum Gasteiger partial charge on any atom is -0.399 e. The molecule has 0 atom stereocenters. The SMILES string of the molecule is C=CC=O.Clc1ccc(Cn2ccc3ccccc32)cc1.NC(=O)c1cccc(N)c1. The van der Waals surface area contributed by atoms with E-state index in [4.69, 9.17) is 27.9 Å². The first-order valence-electron chi connectivity index (χ1n) is 9.44. The lowest BCUT2D eigenvalue weighted by Gasteiger charge is -2.05. The van der Waals surface area contributed by atoms with Gasteiger partial charge in [0.05, 0.1) is 0 Å². The Bertz CT molecular complexity index is 1140. The molecule has 0 saturated heterocycles. The van der Waals surface area contributed by atoms with Gasteiger partial charge in [-0.3, -0.25) is 9.59 Å². The third-order valence-corrected chi connectivity index (χ3v) is 4.47. The maximum atomic E-state index is 10.5. The summed E-state index contributed by atoms with van der Waals surface area (Å²) in [7, 11) is 0. The Morgan fingerprint density at radius 2 is 1.68 bits per heavy atom. The number of anilines is 1. The van der Waals surface area contributed by atoms with Gasteiger partial charge >= 0.3 is 0 Å². The van der Waals surface area contributed by atoms with Crippen LogP contribution in [0.1, 0.15) is 15.9 Å². The average molecular weight is 434 g/mol. The summed E-state index contributed by atoms with van der Waals surface area (Å²) >= 11 is 5.88. The quantitative estimate of drug-likeness (QED) is 0.267. The molecule has 0 bridgehead atoms. The van der Waals surface area contributed by atoms with Crippen LogP contribution in [0, 0.1) is 0 Å².